The number of benzene rings is 1. The van der Waals surface area contributed by atoms with Gasteiger partial charge >= 0.3 is 0 Å². The van der Waals surface area contributed by atoms with Gasteiger partial charge in [0.15, 0.2) is 0 Å². The summed E-state index contributed by atoms with van der Waals surface area (Å²) in [5.74, 6) is 1.82. The third-order valence-electron chi connectivity index (χ3n) is 2.29. The first-order chi connectivity index (χ1) is 6.81. The van der Waals surface area contributed by atoms with Gasteiger partial charge in [-0.2, -0.15) is 0 Å². The smallest absolute Gasteiger partial charge is 0.127 e. The molecule has 0 spiro atoms. The van der Waals surface area contributed by atoms with Crippen molar-refractivity contribution in [3.63, 3.8) is 0 Å². The first-order valence-electron chi connectivity index (χ1n) is 4.69. The van der Waals surface area contributed by atoms with Crippen molar-refractivity contribution < 1.29 is 9.47 Å². The second-order valence-corrected chi connectivity index (χ2v) is 3.31. The Hall–Kier alpha value is -1.44. The summed E-state index contributed by atoms with van der Waals surface area (Å²) in [5, 5.41) is 0. The fourth-order valence-corrected chi connectivity index (χ4v) is 1.54. The number of aryl methyl sites for hydroxylation is 1. The molecule has 0 unspecified atom stereocenters. The van der Waals surface area contributed by atoms with Crippen LogP contribution in [0.25, 0.3) is 6.08 Å². The van der Waals surface area contributed by atoms with Crippen LogP contribution in [0.3, 0.4) is 0 Å². The molecule has 0 saturated heterocycles. The van der Waals surface area contributed by atoms with E-state index in [-0.39, 0.29) is 0 Å². The van der Waals surface area contributed by atoms with Crippen molar-refractivity contribution in [2.24, 2.45) is 0 Å². The quantitative estimate of drug-likeness (QED) is 0.676. The van der Waals surface area contributed by atoms with Gasteiger partial charge in [0.1, 0.15) is 11.5 Å². The van der Waals surface area contributed by atoms with E-state index in [9.17, 15) is 0 Å². The van der Waals surface area contributed by atoms with Gasteiger partial charge in [0.25, 0.3) is 0 Å². The van der Waals surface area contributed by atoms with Crippen LogP contribution in [0.1, 0.15) is 17.5 Å². The molecule has 1 heterocycles. The first-order valence-corrected chi connectivity index (χ1v) is 4.69. The summed E-state index contributed by atoms with van der Waals surface area (Å²) in [5.41, 5.74) is 2.14. The van der Waals surface area contributed by atoms with Crippen molar-refractivity contribution >= 4 is 6.08 Å². The average molecular weight is 189 g/mol. The van der Waals surface area contributed by atoms with E-state index in [2.05, 4.69) is 6.08 Å². The van der Waals surface area contributed by atoms with E-state index in [0.717, 1.165) is 29.0 Å². The minimum absolute atomic E-state index is 0.704. The summed E-state index contributed by atoms with van der Waals surface area (Å²) < 4.78 is 10.8. The van der Waals surface area contributed by atoms with Crippen LogP contribution in [0.15, 0.2) is 12.1 Å². The van der Waals surface area contributed by atoms with Gasteiger partial charge in [-0.1, -0.05) is 0 Å². The lowest BCUT2D eigenvalue weighted by molar-refractivity contribution is 0.324. The third kappa shape index (κ3) is 1.60. The standard InChI is InChI=1S/C12H13O2/c1-9-7-12-10(8-11(9)13-2)5-3-4-6-14-12/h5,7-8H,4,6H2,1-2H3. The fourth-order valence-electron chi connectivity index (χ4n) is 1.54. The summed E-state index contributed by atoms with van der Waals surface area (Å²) >= 11 is 0. The molecule has 2 nitrogen and oxygen atoms in total. The van der Waals surface area contributed by atoms with Crippen LogP contribution in [-0.4, -0.2) is 13.7 Å². The predicted octanol–water partition coefficient (Wildman–Crippen LogP) is 2.60. The van der Waals surface area contributed by atoms with Gasteiger partial charge in [-0.25, -0.2) is 0 Å². The van der Waals surface area contributed by atoms with E-state index in [4.69, 9.17) is 9.47 Å². The first kappa shape index (κ1) is 9.13. The zero-order chi connectivity index (χ0) is 9.97. The molecule has 0 N–H and O–H groups in total. The summed E-state index contributed by atoms with van der Waals surface area (Å²) in [6.45, 7) is 2.72. The lowest BCUT2D eigenvalue weighted by Crippen LogP contribution is -1.96. The largest absolute Gasteiger partial charge is 0.496 e. The normalized spacial score (nSPS) is 14.1. The van der Waals surface area contributed by atoms with E-state index in [0.29, 0.717) is 6.61 Å². The molecular weight excluding hydrogens is 176 g/mol. The highest BCUT2D eigenvalue weighted by atomic mass is 16.5. The molecular formula is C12H13O2. The molecule has 0 bridgehead atoms. The van der Waals surface area contributed by atoms with E-state index in [1.807, 2.05) is 25.1 Å². The van der Waals surface area contributed by atoms with Gasteiger partial charge in [-0.05, 0) is 36.8 Å². The highest BCUT2D eigenvalue weighted by molar-refractivity contribution is 5.61. The lowest BCUT2D eigenvalue weighted by atomic mass is 10.1. The van der Waals surface area contributed by atoms with E-state index in [1.165, 1.54) is 0 Å². The molecule has 1 aromatic carbocycles. The molecule has 2 rings (SSSR count). The molecule has 0 aliphatic carbocycles. The second-order valence-electron chi connectivity index (χ2n) is 3.31. The second kappa shape index (κ2) is 3.74. The highest BCUT2D eigenvalue weighted by Crippen LogP contribution is 2.30. The van der Waals surface area contributed by atoms with Crippen molar-refractivity contribution in [1.29, 1.82) is 0 Å². The molecule has 1 aliphatic rings. The molecule has 0 atom stereocenters. The maximum atomic E-state index is 5.58. The van der Waals surface area contributed by atoms with Crippen LogP contribution in [0.4, 0.5) is 0 Å². The Morgan fingerprint density at radius 1 is 1.43 bits per heavy atom. The topological polar surface area (TPSA) is 18.5 Å². The van der Waals surface area contributed by atoms with Gasteiger partial charge in [0.05, 0.1) is 13.7 Å². The van der Waals surface area contributed by atoms with Crippen molar-refractivity contribution in [3.05, 3.63) is 29.3 Å². The minimum atomic E-state index is 0.704. The van der Waals surface area contributed by atoms with Crippen LogP contribution in [0, 0.1) is 13.0 Å². The molecule has 73 valence electrons. The molecule has 0 aromatic heterocycles. The Labute approximate surface area is 84.2 Å². The molecule has 0 amide bonds. The van der Waals surface area contributed by atoms with Gasteiger partial charge in [-0.3, -0.25) is 0 Å². The highest BCUT2D eigenvalue weighted by Gasteiger charge is 2.08. The lowest BCUT2D eigenvalue weighted by Gasteiger charge is -2.10. The predicted molar refractivity (Wildman–Crippen MR) is 55.6 cm³/mol. The zero-order valence-electron chi connectivity index (χ0n) is 8.46. The average Bonchev–Trinajstić information content (AvgIpc) is 2.41. The number of hydrogen-bond donors (Lipinski definition) is 0. The molecule has 2 heteroatoms. The van der Waals surface area contributed by atoms with Gasteiger partial charge in [0.2, 0.25) is 0 Å². The molecule has 1 radical (unpaired) electrons. The van der Waals surface area contributed by atoms with Crippen LogP contribution in [-0.2, 0) is 0 Å². The molecule has 14 heavy (non-hydrogen) atoms. The van der Waals surface area contributed by atoms with Crippen LogP contribution >= 0.6 is 0 Å². The van der Waals surface area contributed by atoms with Crippen LogP contribution < -0.4 is 9.47 Å². The van der Waals surface area contributed by atoms with Gasteiger partial charge in [0, 0.05) is 12.0 Å². The number of methoxy groups -OCH3 is 1. The Morgan fingerprint density at radius 3 is 3.07 bits per heavy atom. The monoisotopic (exact) mass is 189 g/mol. The van der Waals surface area contributed by atoms with Gasteiger partial charge in [-0.15, -0.1) is 0 Å². The van der Waals surface area contributed by atoms with E-state index in [1.54, 1.807) is 7.11 Å². The number of fused-ring (bicyclic) bond motifs is 1. The van der Waals surface area contributed by atoms with Crippen LogP contribution in [0.2, 0.25) is 0 Å². The zero-order valence-corrected chi connectivity index (χ0v) is 8.46. The van der Waals surface area contributed by atoms with Crippen molar-refractivity contribution in [2.75, 3.05) is 13.7 Å². The molecule has 0 fully saturated rings. The van der Waals surface area contributed by atoms with Crippen molar-refractivity contribution in [1.82, 2.24) is 0 Å². The summed E-state index contributed by atoms with van der Waals surface area (Å²) in [6, 6.07) is 4.00. The molecule has 1 aromatic rings. The fraction of sp³-hybridized carbons (Fsp3) is 0.333. The Kier molecular flexibility index (Phi) is 2.44. The minimum Gasteiger partial charge on any atom is -0.496 e. The summed E-state index contributed by atoms with van der Waals surface area (Å²) in [4.78, 5) is 0. The van der Waals surface area contributed by atoms with Crippen molar-refractivity contribution in [2.45, 2.75) is 13.3 Å². The van der Waals surface area contributed by atoms with Gasteiger partial charge < -0.3 is 9.47 Å². The number of hydrogen-bond acceptors (Lipinski definition) is 2. The molecule has 0 saturated carbocycles. The Balaban J connectivity index is 2.49. The maximum Gasteiger partial charge on any atom is 0.127 e. The summed E-state index contributed by atoms with van der Waals surface area (Å²) in [7, 11) is 1.68. The summed E-state index contributed by atoms with van der Waals surface area (Å²) in [6.07, 6.45) is 5.97. The van der Waals surface area contributed by atoms with Crippen LogP contribution in [0.5, 0.6) is 11.5 Å². The van der Waals surface area contributed by atoms with E-state index < -0.39 is 0 Å². The maximum absolute atomic E-state index is 5.58. The Morgan fingerprint density at radius 2 is 2.29 bits per heavy atom. The third-order valence-corrected chi connectivity index (χ3v) is 2.29. The van der Waals surface area contributed by atoms with Crippen molar-refractivity contribution in [3.8, 4) is 11.5 Å². The molecule has 1 aliphatic heterocycles. The van der Waals surface area contributed by atoms with E-state index >= 15 is 0 Å². The Bertz CT molecular complexity index is 367. The SMILES string of the molecule is COc1cc2c(cc1C)OCC[C]=C2. The number of rotatable bonds is 1. The number of ether oxygens (including phenoxy) is 2.